The molecule has 0 atom stereocenters. The summed E-state index contributed by atoms with van der Waals surface area (Å²) in [5, 5.41) is 9.36. The number of para-hydroxylation sites is 1. The van der Waals surface area contributed by atoms with E-state index in [4.69, 9.17) is 10.1 Å². The van der Waals surface area contributed by atoms with Gasteiger partial charge in [0.15, 0.2) is 17.3 Å². The molecule has 0 bridgehead atoms. The van der Waals surface area contributed by atoms with Crippen LogP contribution in [0.2, 0.25) is 0 Å². The van der Waals surface area contributed by atoms with Crippen LogP contribution in [-0.2, 0) is 0 Å². The molecule has 8 heteroatoms. The van der Waals surface area contributed by atoms with Crippen LogP contribution in [0.4, 0.5) is 5.95 Å². The van der Waals surface area contributed by atoms with E-state index in [9.17, 15) is 0 Å². The smallest absolute Gasteiger partial charge is 0.245 e. The lowest BCUT2D eigenvalue weighted by Gasteiger charge is -2.10. The Morgan fingerprint density at radius 1 is 0.931 bits per heavy atom. The van der Waals surface area contributed by atoms with E-state index in [-0.39, 0.29) is 0 Å². The molecule has 0 spiro atoms. The van der Waals surface area contributed by atoms with Gasteiger partial charge in [-0.05, 0) is 51.0 Å². The highest BCUT2D eigenvalue weighted by atomic mass is 15.4. The Labute approximate surface area is 168 Å². The molecule has 29 heavy (non-hydrogen) atoms. The lowest BCUT2D eigenvalue weighted by atomic mass is 10.3. The Morgan fingerprint density at radius 2 is 1.72 bits per heavy atom. The maximum atomic E-state index is 4.79. The van der Waals surface area contributed by atoms with E-state index < -0.39 is 0 Å². The molecule has 3 aromatic heterocycles. The van der Waals surface area contributed by atoms with Crippen molar-refractivity contribution < 1.29 is 0 Å². The third kappa shape index (κ3) is 3.26. The molecule has 0 radical (unpaired) electrons. The number of nitrogens with zero attached hydrogens (tertiary/aromatic N) is 8. The number of hydrogen-bond acceptors (Lipinski definition) is 6. The lowest BCUT2D eigenvalue weighted by Crippen LogP contribution is -2.19. The SMILES string of the molecule is Cc1ncc(C)n2nc(/C=C/c3nc(N4CCCC4)nn3-c3ccccc3)nc12. The van der Waals surface area contributed by atoms with Gasteiger partial charge in [0.05, 0.1) is 17.1 Å². The Balaban J connectivity index is 1.54. The average molecular weight is 386 g/mol. The van der Waals surface area contributed by atoms with E-state index in [2.05, 4.69) is 20.0 Å². The Kier molecular flexibility index (Phi) is 4.31. The summed E-state index contributed by atoms with van der Waals surface area (Å²) < 4.78 is 3.69. The topological polar surface area (TPSA) is 77.0 Å². The third-order valence-electron chi connectivity index (χ3n) is 5.12. The zero-order valence-electron chi connectivity index (χ0n) is 16.5. The molecule has 0 saturated carbocycles. The summed E-state index contributed by atoms with van der Waals surface area (Å²) in [6, 6.07) is 10.1. The molecular weight excluding hydrogens is 364 g/mol. The number of rotatable bonds is 4. The highest BCUT2D eigenvalue weighted by molar-refractivity contribution is 5.66. The van der Waals surface area contributed by atoms with Crippen molar-refractivity contribution in [3.05, 3.63) is 59.6 Å². The highest BCUT2D eigenvalue weighted by Gasteiger charge is 2.19. The van der Waals surface area contributed by atoms with Gasteiger partial charge in [0, 0.05) is 19.3 Å². The molecule has 1 aliphatic rings. The summed E-state index contributed by atoms with van der Waals surface area (Å²) in [5.41, 5.74) is 3.55. The van der Waals surface area contributed by atoms with Gasteiger partial charge in [0.2, 0.25) is 5.95 Å². The molecule has 1 saturated heterocycles. The van der Waals surface area contributed by atoms with Gasteiger partial charge in [-0.1, -0.05) is 18.2 Å². The van der Waals surface area contributed by atoms with Crippen molar-refractivity contribution in [1.82, 2.24) is 34.3 Å². The maximum Gasteiger partial charge on any atom is 0.245 e. The van der Waals surface area contributed by atoms with E-state index in [1.54, 1.807) is 6.20 Å². The van der Waals surface area contributed by atoms with E-state index in [0.717, 1.165) is 47.6 Å². The zero-order chi connectivity index (χ0) is 19.8. The van der Waals surface area contributed by atoms with E-state index in [0.29, 0.717) is 5.82 Å². The summed E-state index contributed by atoms with van der Waals surface area (Å²) in [5.74, 6) is 2.14. The lowest BCUT2D eigenvalue weighted by molar-refractivity contribution is 0.838. The van der Waals surface area contributed by atoms with Gasteiger partial charge in [0.1, 0.15) is 0 Å². The molecule has 1 fully saturated rings. The van der Waals surface area contributed by atoms with Gasteiger partial charge >= 0.3 is 0 Å². The minimum absolute atomic E-state index is 0.620. The summed E-state index contributed by atoms with van der Waals surface area (Å²) in [6.45, 7) is 5.91. The summed E-state index contributed by atoms with van der Waals surface area (Å²) in [7, 11) is 0. The van der Waals surface area contributed by atoms with Crippen LogP contribution in [0.1, 0.15) is 35.9 Å². The molecule has 1 aliphatic heterocycles. The average Bonchev–Trinajstić information content (AvgIpc) is 3.49. The van der Waals surface area contributed by atoms with Crippen molar-refractivity contribution >= 4 is 23.7 Å². The minimum Gasteiger partial charge on any atom is -0.340 e. The fourth-order valence-electron chi connectivity index (χ4n) is 3.56. The largest absolute Gasteiger partial charge is 0.340 e. The normalized spacial score (nSPS) is 14.5. The van der Waals surface area contributed by atoms with Gasteiger partial charge in [0.25, 0.3) is 0 Å². The Morgan fingerprint density at radius 3 is 2.48 bits per heavy atom. The van der Waals surface area contributed by atoms with E-state index >= 15 is 0 Å². The predicted molar refractivity (Wildman–Crippen MR) is 112 cm³/mol. The van der Waals surface area contributed by atoms with Gasteiger partial charge < -0.3 is 4.90 Å². The Bertz CT molecular complexity index is 1140. The summed E-state index contributed by atoms with van der Waals surface area (Å²) >= 11 is 0. The molecule has 4 aromatic rings. The quantitative estimate of drug-likeness (QED) is 0.536. The van der Waals surface area contributed by atoms with Crippen molar-refractivity contribution in [1.29, 1.82) is 0 Å². The van der Waals surface area contributed by atoms with Crippen LogP contribution in [0, 0.1) is 13.8 Å². The van der Waals surface area contributed by atoms with Crippen LogP contribution >= 0.6 is 0 Å². The number of anilines is 1. The molecule has 146 valence electrons. The predicted octanol–water partition coefficient (Wildman–Crippen LogP) is 3.09. The summed E-state index contributed by atoms with van der Waals surface area (Å²) in [4.78, 5) is 16.0. The maximum absolute atomic E-state index is 4.79. The summed E-state index contributed by atoms with van der Waals surface area (Å²) in [6.07, 6.45) is 7.97. The van der Waals surface area contributed by atoms with Crippen LogP contribution in [0.3, 0.4) is 0 Å². The second-order valence-electron chi connectivity index (χ2n) is 7.24. The van der Waals surface area contributed by atoms with Gasteiger partial charge in [-0.25, -0.2) is 14.2 Å². The van der Waals surface area contributed by atoms with Crippen molar-refractivity contribution in [2.45, 2.75) is 26.7 Å². The standard InChI is InChI=1S/C21H22N8/c1-15-14-22-16(2)20-23-18(25-28(15)20)10-11-19-24-21(27-12-6-7-13-27)26-29(19)17-8-4-3-5-9-17/h3-5,8-11,14H,6-7,12-13H2,1-2H3/b11-10+. The third-order valence-corrected chi connectivity index (χ3v) is 5.12. The number of fused-ring (bicyclic) bond motifs is 1. The monoisotopic (exact) mass is 386 g/mol. The number of benzene rings is 1. The number of aryl methyl sites for hydroxylation is 2. The second kappa shape index (κ2) is 7.12. The molecule has 0 unspecified atom stereocenters. The molecule has 0 amide bonds. The zero-order valence-corrected chi connectivity index (χ0v) is 16.5. The van der Waals surface area contributed by atoms with Crippen molar-refractivity contribution in [3.63, 3.8) is 0 Å². The first kappa shape index (κ1) is 17.5. The van der Waals surface area contributed by atoms with Crippen LogP contribution in [0.25, 0.3) is 23.5 Å². The van der Waals surface area contributed by atoms with Crippen LogP contribution < -0.4 is 4.90 Å². The number of hydrogen-bond donors (Lipinski definition) is 0. The fraction of sp³-hybridized carbons (Fsp3) is 0.286. The molecular formula is C21H22N8. The molecule has 4 heterocycles. The van der Waals surface area contributed by atoms with E-state index in [1.165, 1.54) is 12.8 Å². The molecule has 0 aliphatic carbocycles. The molecule has 8 nitrogen and oxygen atoms in total. The van der Waals surface area contributed by atoms with Crippen molar-refractivity contribution in [3.8, 4) is 5.69 Å². The Hall–Kier alpha value is -3.55. The van der Waals surface area contributed by atoms with Crippen molar-refractivity contribution in [2.24, 2.45) is 0 Å². The molecule has 5 rings (SSSR count). The second-order valence-corrected chi connectivity index (χ2v) is 7.24. The fourth-order valence-corrected chi connectivity index (χ4v) is 3.56. The van der Waals surface area contributed by atoms with Crippen LogP contribution in [-0.4, -0.2) is 47.4 Å². The van der Waals surface area contributed by atoms with Gasteiger partial charge in [-0.15, -0.1) is 10.2 Å². The van der Waals surface area contributed by atoms with Crippen LogP contribution in [0.15, 0.2) is 36.5 Å². The first-order valence-corrected chi connectivity index (χ1v) is 9.83. The van der Waals surface area contributed by atoms with E-state index in [1.807, 2.05) is 65.5 Å². The van der Waals surface area contributed by atoms with Gasteiger partial charge in [-0.3, -0.25) is 4.98 Å². The highest BCUT2D eigenvalue weighted by Crippen LogP contribution is 2.20. The minimum atomic E-state index is 0.620. The van der Waals surface area contributed by atoms with Gasteiger partial charge in [-0.2, -0.15) is 4.98 Å². The molecule has 0 N–H and O–H groups in total. The number of aromatic nitrogens is 7. The first-order valence-electron chi connectivity index (χ1n) is 9.83. The molecule has 1 aromatic carbocycles. The van der Waals surface area contributed by atoms with Crippen LogP contribution in [0.5, 0.6) is 0 Å². The first-order chi connectivity index (χ1) is 14.2. The van der Waals surface area contributed by atoms with Crippen molar-refractivity contribution in [2.75, 3.05) is 18.0 Å².